The van der Waals surface area contributed by atoms with Gasteiger partial charge in [0.15, 0.2) is 5.82 Å². The van der Waals surface area contributed by atoms with Crippen molar-refractivity contribution in [1.29, 1.82) is 0 Å². The van der Waals surface area contributed by atoms with Crippen molar-refractivity contribution in [3.63, 3.8) is 0 Å². The zero-order valence-electron chi connectivity index (χ0n) is 10.5. The van der Waals surface area contributed by atoms with Gasteiger partial charge in [0, 0.05) is 15.4 Å². The second-order valence-electron chi connectivity index (χ2n) is 4.52. The summed E-state index contributed by atoms with van der Waals surface area (Å²) in [6.45, 7) is 1.83. The molecule has 1 aromatic heterocycles. The van der Waals surface area contributed by atoms with Crippen LogP contribution in [-0.4, -0.2) is 9.97 Å². The van der Waals surface area contributed by atoms with E-state index in [0.717, 1.165) is 20.9 Å². The van der Waals surface area contributed by atoms with Crippen molar-refractivity contribution < 1.29 is 4.39 Å². The van der Waals surface area contributed by atoms with Gasteiger partial charge in [0.05, 0.1) is 5.52 Å². The first-order chi connectivity index (χ1) is 9.52. The number of aromatic nitrogens is 2. The van der Waals surface area contributed by atoms with Gasteiger partial charge in [-0.2, -0.15) is 0 Å². The molecule has 0 saturated heterocycles. The summed E-state index contributed by atoms with van der Waals surface area (Å²) >= 11 is 9.58. The van der Waals surface area contributed by atoms with Crippen molar-refractivity contribution in [2.45, 2.75) is 6.92 Å². The zero-order chi connectivity index (χ0) is 14.3. The fourth-order valence-corrected chi connectivity index (χ4v) is 2.65. The maximum Gasteiger partial charge on any atom is 0.161 e. The lowest BCUT2D eigenvalue weighted by Crippen LogP contribution is -1.93. The number of benzene rings is 2. The predicted molar refractivity (Wildman–Crippen MR) is 82.4 cm³/mol. The second-order valence-corrected chi connectivity index (χ2v) is 5.79. The minimum Gasteiger partial charge on any atom is -0.228 e. The van der Waals surface area contributed by atoms with Gasteiger partial charge in [-0.15, -0.1) is 0 Å². The Labute approximate surface area is 128 Å². The molecule has 3 rings (SSSR count). The summed E-state index contributed by atoms with van der Waals surface area (Å²) in [5.74, 6) is 0.109. The fourth-order valence-electron chi connectivity index (χ4n) is 2.06. The van der Waals surface area contributed by atoms with Crippen molar-refractivity contribution in [1.82, 2.24) is 9.97 Å². The van der Waals surface area contributed by atoms with Crippen LogP contribution in [0.1, 0.15) is 5.56 Å². The molecular formula is C15H9BrClFN2. The molecule has 20 heavy (non-hydrogen) atoms. The van der Waals surface area contributed by atoms with E-state index in [1.807, 2.05) is 31.2 Å². The molecule has 1 heterocycles. The summed E-state index contributed by atoms with van der Waals surface area (Å²) in [4.78, 5) is 8.71. The van der Waals surface area contributed by atoms with Crippen molar-refractivity contribution in [3.05, 3.63) is 57.4 Å². The summed E-state index contributed by atoms with van der Waals surface area (Å²) < 4.78 is 14.4. The highest BCUT2D eigenvalue weighted by Gasteiger charge is 2.09. The van der Waals surface area contributed by atoms with Crippen LogP contribution < -0.4 is 0 Å². The van der Waals surface area contributed by atoms with Crippen LogP contribution in [0.25, 0.3) is 22.3 Å². The molecule has 2 aromatic carbocycles. The van der Waals surface area contributed by atoms with Gasteiger partial charge in [-0.25, -0.2) is 14.4 Å². The third-order valence-electron chi connectivity index (χ3n) is 2.91. The standard InChI is InChI=1S/C15H9BrClFN2/c1-8-4-9(6-11(18)5-8)15-19-13-7-10(16)2-3-12(13)14(17)20-15/h2-7H,1H3. The van der Waals surface area contributed by atoms with Crippen molar-refractivity contribution in [3.8, 4) is 11.4 Å². The van der Waals surface area contributed by atoms with Crippen LogP contribution in [0, 0.1) is 12.7 Å². The fraction of sp³-hybridized carbons (Fsp3) is 0.0667. The molecule has 100 valence electrons. The molecular weight excluding hydrogens is 343 g/mol. The first kappa shape index (κ1) is 13.5. The second kappa shape index (κ2) is 5.11. The molecule has 3 aromatic rings. The Bertz CT molecular complexity index is 800. The van der Waals surface area contributed by atoms with Gasteiger partial charge in [-0.3, -0.25) is 0 Å². The molecule has 0 aliphatic rings. The van der Waals surface area contributed by atoms with Crippen LogP contribution in [0.2, 0.25) is 5.15 Å². The lowest BCUT2D eigenvalue weighted by atomic mass is 10.1. The molecule has 0 bridgehead atoms. The van der Waals surface area contributed by atoms with Crippen LogP contribution >= 0.6 is 27.5 Å². The summed E-state index contributed by atoms with van der Waals surface area (Å²) in [6, 6.07) is 10.3. The minimum atomic E-state index is -0.311. The Hall–Kier alpha value is -1.52. The van der Waals surface area contributed by atoms with E-state index in [-0.39, 0.29) is 5.82 Å². The van der Waals surface area contributed by atoms with E-state index in [4.69, 9.17) is 11.6 Å². The monoisotopic (exact) mass is 350 g/mol. The number of rotatable bonds is 1. The smallest absolute Gasteiger partial charge is 0.161 e. The maximum atomic E-state index is 13.5. The molecule has 0 saturated carbocycles. The third kappa shape index (κ3) is 2.53. The zero-order valence-corrected chi connectivity index (χ0v) is 12.8. The van der Waals surface area contributed by atoms with E-state index in [0.29, 0.717) is 16.5 Å². The minimum absolute atomic E-state index is 0.311. The number of fused-ring (bicyclic) bond motifs is 1. The summed E-state index contributed by atoms with van der Waals surface area (Å²) in [5.41, 5.74) is 2.15. The SMILES string of the molecule is Cc1cc(F)cc(-c2nc(Cl)c3ccc(Br)cc3n2)c1. The lowest BCUT2D eigenvalue weighted by Gasteiger charge is -2.06. The largest absolute Gasteiger partial charge is 0.228 e. The first-order valence-corrected chi connectivity index (χ1v) is 7.10. The van der Waals surface area contributed by atoms with Crippen LogP contribution in [0.5, 0.6) is 0 Å². The van der Waals surface area contributed by atoms with E-state index in [1.165, 1.54) is 12.1 Å². The van der Waals surface area contributed by atoms with Gasteiger partial charge >= 0.3 is 0 Å². The van der Waals surface area contributed by atoms with E-state index in [9.17, 15) is 4.39 Å². The van der Waals surface area contributed by atoms with Crippen molar-refractivity contribution >= 4 is 38.4 Å². The lowest BCUT2D eigenvalue weighted by molar-refractivity contribution is 0.627. The molecule has 0 N–H and O–H groups in total. The molecule has 0 radical (unpaired) electrons. The highest BCUT2D eigenvalue weighted by atomic mass is 79.9. The Morgan fingerprint density at radius 2 is 1.90 bits per heavy atom. The van der Waals surface area contributed by atoms with E-state index in [2.05, 4.69) is 25.9 Å². The van der Waals surface area contributed by atoms with E-state index in [1.54, 1.807) is 0 Å². The summed E-state index contributed by atoms with van der Waals surface area (Å²) in [5, 5.41) is 1.13. The number of aryl methyl sites for hydroxylation is 1. The molecule has 0 amide bonds. The Balaban J connectivity index is 2.26. The van der Waals surface area contributed by atoms with Gasteiger partial charge in [0.1, 0.15) is 11.0 Å². The van der Waals surface area contributed by atoms with Crippen LogP contribution in [0.15, 0.2) is 40.9 Å². The molecule has 0 aliphatic carbocycles. The molecule has 0 fully saturated rings. The van der Waals surface area contributed by atoms with Crippen LogP contribution in [-0.2, 0) is 0 Å². The number of hydrogen-bond donors (Lipinski definition) is 0. The van der Waals surface area contributed by atoms with Gasteiger partial charge in [0.2, 0.25) is 0 Å². The average Bonchev–Trinajstić information content (AvgIpc) is 2.36. The van der Waals surface area contributed by atoms with E-state index < -0.39 is 0 Å². The highest BCUT2D eigenvalue weighted by molar-refractivity contribution is 9.10. The molecule has 5 heteroatoms. The van der Waals surface area contributed by atoms with E-state index >= 15 is 0 Å². The molecule has 0 atom stereocenters. The topological polar surface area (TPSA) is 25.8 Å². The molecule has 0 aliphatic heterocycles. The number of nitrogens with zero attached hydrogens (tertiary/aromatic N) is 2. The summed E-state index contributed by atoms with van der Waals surface area (Å²) in [7, 11) is 0. The van der Waals surface area contributed by atoms with Gasteiger partial charge in [-0.1, -0.05) is 27.5 Å². The molecule has 2 nitrogen and oxygen atoms in total. The van der Waals surface area contributed by atoms with Gasteiger partial charge < -0.3 is 0 Å². The third-order valence-corrected chi connectivity index (χ3v) is 3.69. The average molecular weight is 352 g/mol. The Kier molecular flexibility index (Phi) is 3.44. The Morgan fingerprint density at radius 3 is 2.65 bits per heavy atom. The quantitative estimate of drug-likeness (QED) is 0.566. The van der Waals surface area contributed by atoms with Crippen molar-refractivity contribution in [2.75, 3.05) is 0 Å². The van der Waals surface area contributed by atoms with Crippen LogP contribution in [0.3, 0.4) is 0 Å². The highest BCUT2D eigenvalue weighted by Crippen LogP contribution is 2.27. The first-order valence-electron chi connectivity index (χ1n) is 5.93. The Morgan fingerprint density at radius 1 is 1.10 bits per heavy atom. The van der Waals surface area contributed by atoms with Gasteiger partial charge in [0.25, 0.3) is 0 Å². The van der Waals surface area contributed by atoms with Gasteiger partial charge in [-0.05, 0) is 48.9 Å². The van der Waals surface area contributed by atoms with Crippen LogP contribution in [0.4, 0.5) is 4.39 Å². The number of halogens is 3. The number of hydrogen-bond acceptors (Lipinski definition) is 2. The summed E-state index contributed by atoms with van der Waals surface area (Å²) in [6.07, 6.45) is 0. The predicted octanol–water partition coefficient (Wildman–Crippen LogP) is 5.16. The maximum absolute atomic E-state index is 13.5. The normalized spacial score (nSPS) is 11.0. The van der Waals surface area contributed by atoms with Crippen molar-refractivity contribution in [2.24, 2.45) is 0 Å². The molecule has 0 unspecified atom stereocenters. The molecule has 0 spiro atoms.